The van der Waals surface area contributed by atoms with Crippen molar-refractivity contribution < 1.29 is 9.59 Å². The van der Waals surface area contributed by atoms with Crippen LogP contribution < -0.4 is 5.84 Å². The van der Waals surface area contributed by atoms with Gasteiger partial charge >= 0.3 is 0 Å². The van der Waals surface area contributed by atoms with E-state index >= 15 is 0 Å². The van der Waals surface area contributed by atoms with Crippen LogP contribution >= 0.6 is 23.5 Å². The Kier molecular flexibility index (Phi) is 8.90. The number of nitrogen functional groups attached to an aromatic ring is 1. The summed E-state index contributed by atoms with van der Waals surface area (Å²) in [5.74, 6) is 6.48. The zero-order valence-electron chi connectivity index (χ0n) is 17.1. The number of thioether (sulfide) groups is 2. The van der Waals surface area contributed by atoms with Gasteiger partial charge in [0.1, 0.15) is 0 Å². The average Bonchev–Trinajstić information content (AvgIpc) is 3.06. The normalized spacial score (nSPS) is 16.2. The lowest BCUT2D eigenvalue weighted by Gasteiger charge is -2.35. The van der Waals surface area contributed by atoms with Crippen LogP contribution in [0.3, 0.4) is 0 Å². The minimum Gasteiger partial charge on any atom is -0.343 e. The molecule has 1 saturated heterocycles. The number of carbonyl (C=O) groups is 2. The average molecular weight is 430 g/mol. The summed E-state index contributed by atoms with van der Waals surface area (Å²) in [4.78, 5) is 30.8. The number of rotatable bonds is 9. The minimum absolute atomic E-state index is 0.0435. The van der Waals surface area contributed by atoms with Gasteiger partial charge in [0.05, 0.1) is 11.0 Å². The Morgan fingerprint density at radius 1 is 1.11 bits per heavy atom. The lowest BCUT2D eigenvalue weighted by atomic mass is 10.3. The summed E-state index contributed by atoms with van der Waals surface area (Å²) >= 11 is 2.56. The second-order valence-electron chi connectivity index (χ2n) is 6.51. The van der Waals surface area contributed by atoms with Crippen LogP contribution in [0.15, 0.2) is 10.3 Å². The number of likely N-dealkylation sites (N-methyl/N-ethyl adjacent to an activating group) is 1. The predicted molar refractivity (Wildman–Crippen MR) is 113 cm³/mol. The zero-order chi connectivity index (χ0) is 20.7. The fourth-order valence-corrected chi connectivity index (χ4v) is 4.66. The molecule has 0 radical (unpaired) electrons. The summed E-state index contributed by atoms with van der Waals surface area (Å²) in [5, 5.41) is 8.82. The van der Waals surface area contributed by atoms with Crippen molar-refractivity contribution >= 4 is 35.3 Å². The van der Waals surface area contributed by atoms with E-state index in [0.717, 1.165) is 32.7 Å². The molecular weight excluding hydrogens is 398 g/mol. The molecule has 1 unspecified atom stereocenters. The Hall–Kier alpha value is -1.46. The van der Waals surface area contributed by atoms with Crippen LogP contribution in [0.5, 0.6) is 0 Å². The molecule has 1 aliphatic heterocycles. The third kappa shape index (κ3) is 5.77. The maximum absolute atomic E-state index is 12.7. The van der Waals surface area contributed by atoms with Crippen molar-refractivity contribution in [3.63, 3.8) is 0 Å². The molecule has 9 nitrogen and oxygen atoms in total. The Labute approximate surface area is 175 Å². The topological polar surface area (TPSA) is 101 Å². The molecule has 158 valence electrons. The van der Waals surface area contributed by atoms with Gasteiger partial charge < -0.3 is 20.5 Å². The summed E-state index contributed by atoms with van der Waals surface area (Å²) in [5.41, 5.74) is 0. The van der Waals surface area contributed by atoms with Crippen molar-refractivity contribution in [3.05, 3.63) is 0 Å². The number of hydrogen-bond acceptors (Lipinski definition) is 8. The lowest BCUT2D eigenvalue weighted by molar-refractivity contribution is -0.132. The van der Waals surface area contributed by atoms with E-state index in [9.17, 15) is 9.59 Å². The fraction of sp³-hybridized carbons (Fsp3) is 0.765. The Morgan fingerprint density at radius 2 is 1.71 bits per heavy atom. The number of nitrogens with zero attached hydrogens (tertiary/aromatic N) is 6. The number of hydrogen-bond donors (Lipinski definition) is 1. The lowest BCUT2D eigenvalue weighted by Crippen LogP contribution is -2.50. The molecule has 11 heteroatoms. The van der Waals surface area contributed by atoms with Crippen LogP contribution in [-0.4, -0.2) is 98.2 Å². The summed E-state index contributed by atoms with van der Waals surface area (Å²) in [6, 6.07) is 0. The molecular formula is C17H31N7O2S2. The molecule has 0 spiro atoms. The smallest absolute Gasteiger partial charge is 0.235 e. The molecule has 1 fully saturated rings. The molecule has 1 aromatic heterocycles. The maximum atomic E-state index is 12.7. The minimum atomic E-state index is -0.296. The molecule has 0 saturated carbocycles. The van der Waals surface area contributed by atoms with Gasteiger partial charge in [0, 0.05) is 39.3 Å². The van der Waals surface area contributed by atoms with Gasteiger partial charge in [0.15, 0.2) is 0 Å². The number of carbonyl (C=O) groups excluding carboxylic acids is 2. The van der Waals surface area contributed by atoms with Crippen molar-refractivity contribution in [2.75, 3.05) is 57.4 Å². The highest BCUT2D eigenvalue weighted by molar-refractivity contribution is 8.00. The summed E-state index contributed by atoms with van der Waals surface area (Å²) < 4.78 is 1.36. The van der Waals surface area contributed by atoms with E-state index in [1.165, 1.54) is 28.2 Å². The zero-order valence-corrected chi connectivity index (χ0v) is 18.8. The van der Waals surface area contributed by atoms with E-state index in [4.69, 9.17) is 5.84 Å². The van der Waals surface area contributed by atoms with E-state index < -0.39 is 0 Å². The van der Waals surface area contributed by atoms with Crippen LogP contribution in [0.25, 0.3) is 0 Å². The van der Waals surface area contributed by atoms with E-state index in [-0.39, 0.29) is 22.8 Å². The molecule has 2 heterocycles. The molecule has 2 N–H and O–H groups in total. The van der Waals surface area contributed by atoms with Crippen LogP contribution in [-0.2, 0) is 9.59 Å². The molecule has 0 aromatic carbocycles. The van der Waals surface area contributed by atoms with Gasteiger partial charge in [-0.1, -0.05) is 30.4 Å². The summed E-state index contributed by atoms with van der Waals surface area (Å²) in [6.07, 6.45) is 0. The van der Waals surface area contributed by atoms with Crippen LogP contribution in [0.2, 0.25) is 0 Å². The van der Waals surface area contributed by atoms with Gasteiger partial charge in [-0.25, -0.2) is 4.68 Å². The molecule has 1 atom stereocenters. The molecule has 2 rings (SSSR count). The van der Waals surface area contributed by atoms with Crippen LogP contribution in [0.1, 0.15) is 27.7 Å². The first kappa shape index (κ1) is 22.8. The first-order chi connectivity index (χ1) is 13.4. The Morgan fingerprint density at radius 3 is 2.29 bits per heavy atom. The third-order valence-electron chi connectivity index (χ3n) is 4.84. The quantitative estimate of drug-likeness (QED) is 0.450. The second kappa shape index (κ2) is 10.9. The van der Waals surface area contributed by atoms with Crippen molar-refractivity contribution in [2.45, 2.75) is 43.3 Å². The first-order valence-electron chi connectivity index (χ1n) is 9.70. The molecule has 1 aliphatic rings. The molecule has 2 amide bonds. The van der Waals surface area contributed by atoms with E-state index in [2.05, 4.69) is 22.0 Å². The predicted octanol–water partition coefficient (Wildman–Crippen LogP) is 0.597. The number of aromatic nitrogens is 3. The summed E-state index contributed by atoms with van der Waals surface area (Å²) in [7, 11) is 0. The van der Waals surface area contributed by atoms with Gasteiger partial charge in [-0.3, -0.25) is 9.59 Å². The highest BCUT2D eigenvalue weighted by Crippen LogP contribution is 2.25. The number of amides is 2. The van der Waals surface area contributed by atoms with E-state index in [1.54, 1.807) is 4.90 Å². The van der Waals surface area contributed by atoms with Crippen LogP contribution in [0, 0.1) is 0 Å². The molecule has 0 aliphatic carbocycles. The Balaban J connectivity index is 1.89. The third-order valence-corrected chi connectivity index (χ3v) is 6.81. The van der Waals surface area contributed by atoms with Gasteiger partial charge in [-0.15, -0.1) is 10.2 Å². The monoisotopic (exact) mass is 429 g/mol. The van der Waals surface area contributed by atoms with Gasteiger partial charge in [-0.2, -0.15) is 0 Å². The standard InChI is InChI=1S/C17H31N7O2S2/c1-5-21-8-10-23(11-9-21)15(26)13(4)28-17-20-19-16(24(17)18)27-12-14(25)22(6-2)7-3/h13H,5-12,18H2,1-4H3. The summed E-state index contributed by atoms with van der Waals surface area (Å²) in [6.45, 7) is 13.6. The second-order valence-corrected chi connectivity index (χ2v) is 8.76. The first-order valence-corrected chi connectivity index (χ1v) is 11.6. The Bertz CT molecular complexity index is 658. The van der Waals surface area contributed by atoms with Crippen molar-refractivity contribution in [2.24, 2.45) is 0 Å². The van der Waals surface area contributed by atoms with Crippen molar-refractivity contribution in [1.82, 2.24) is 29.6 Å². The maximum Gasteiger partial charge on any atom is 0.235 e. The number of piperazine rings is 1. The fourth-order valence-electron chi connectivity index (χ4n) is 2.99. The SMILES string of the molecule is CCN1CCN(C(=O)C(C)Sc2nnc(SCC(=O)N(CC)CC)n2N)CC1. The van der Waals surface area contributed by atoms with Gasteiger partial charge in [0.2, 0.25) is 22.1 Å². The van der Waals surface area contributed by atoms with Gasteiger partial charge in [-0.05, 0) is 27.3 Å². The van der Waals surface area contributed by atoms with Gasteiger partial charge in [0.25, 0.3) is 0 Å². The number of nitrogens with two attached hydrogens (primary N) is 1. The molecule has 1 aromatic rings. The highest BCUT2D eigenvalue weighted by atomic mass is 32.2. The van der Waals surface area contributed by atoms with E-state index in [0.29, 0.717) is 23.4 Å². The highest BCUT2D eigenvalue weighted by Gasteiger charge is 2.27. The van der Waals surface area contributed by atoms with Crippen molar-refractivity contribution in [3.8, 4) is 0 Å². The van der Waals surface area contributed by atoms with E-state index in [1.807, 2.05) is 25.7 Å². The van der Waals surface area contributed by atoms with Crippen LogP contribution in [0.4, 0.5) is 0 Å². The largest absolute Gasteiger partial charge is 0.343 e. The van der Waals surface area contributed by atoms with Crippen molar-refractivity contribution in [1.29, 1.82) is 0 Å². The molecule has 0 bridgehead atoms. The molecule has 28 heavy (non-hydrogen) atoms.